The summed E-state index contributed by atoms with van der Waals surface area (Å²) in [6.07, 6.45) is 7.47. The summed E-state index contributed by atoms with van der Waals surface area (Å²) in [5, 5.41) is 40.7. The first kappa shape index (κ1) is 48.2. The average molecular weight is 907 g/mol. The zero-order valence-electron chi connectivity index (χ0n) is 35.7. The largest absolute Gasteiger partial charge is 0.507 e. The van der Waals surface area contributed by atoms with Crippen molar-refractivity contribution in [2.75, 3.05) is 26.7 Å². The number of nitrogens with zero attached hydrogens (tertiary/aromatic N) is 2. The summed E-state index contributed by atoms with van der Waals surface area (Å²) in [5.41, 5.74) is 9.07. The number of fused-ring (bicyclic) bond motifs is 5. The van der Waals surface area contributed by atoms with E-state index in [0.29, 0.717) is 21.4 Å². The Labute approximate surface area is 378 Å². The molecule has 0 saturated heterocycles. The SMILES string of the molecule is CCCCN.C[C@@H]1NC(=O)C(N(C)C(=O)CNC(=O)c2ccc(-c3ccc(Cl)cc3)cc2)c2ccc(O)c(c2)-c2cc(ccc2O)CC(C(=O)NCC(=P)/C=C/c2ccn[nH]2)NC1=O. The lowest BCUT2D eigenvalue weighted by Crippen LogP contribution is -2.55. The summed E-state index contributed by atoms with van der Waals surface area (Å²) in [6, 6.07) is 21.0. The number of rotatable bonds is 12. The molecule has 1 aliphatic rings. The number of phenols is 2. The fourth-order valence-electron chi connectivity index (χ4n) is 6.62. The number of H-pyrrole nitrogens is 1. The Hall–Kier alpha value is -6.80. The first-order valence-electron chi connectivity index (χ1n) is 20.6. The van der Waals surface area contributed by atoms with Crippen LogP contribution in [0.1, 0.15) is 59.9 Å². The predicted molar refractivity (Wildman–Crippen MR) is 251 cm³/mol. The van der Waals surface area contributed by atoms with Gasteiger partial charge in [0.1, 0.15) is 29.6 Å². The highest BCUT2D eigenvalue weighted by molar-refractivity contribution is 7.22. The van der Waals surface area contributed by atoms with Gasteiger partial charge in [-0.25, -0.2) is 0 Å². The molecule has 17 heteroatoms. The Bertz CT molecular complexity index is 2480. The molecule has 334 valence electrons. The minimum absolute atomic E-state index is 0.00885. The lowest BCUT2D eigenvalue weighted by molar-refractivity contribution is -0.139. The van der Waals surface area contributed by atoms with Crippen molar-refractivity contribution in [1.29, 1.82) is 0 Å². The van der Waals surface area contributed by atoms with E-state index in [1.54, 1.807) is 72.9 Å². The smallest absolute Gasteiger partial charge is 0.251 e. The molecular formula is C47H52ClN8O7P. The second-order valence-electron chi connectivity index (χ2n) is 15.0. The van der Waals surface area contributed by atoms with Crippen LogP contribution in [0.25, 0.3) is 28.3 Å². The van der Waals surface area contributed by atoms with E-state index < -0.39 is 54.2 Å². The standard InChI is InChI=1S/C43H41ClN7O7P.C4H11N/c1-24-40(55)49-35(42(57)45-22-32(59)14-13-31-17-18-47-50-31)20-25-3-15-36(52)33(19-25)34-21-29(10-16-37(34)53)39(43(58)48-24)51(2)38(54)23-46-41(56)28-6-4-26(5-7-28)27-8-11-30(44)12-9-27;1-2-3-4-5/h3-19,21,24,35,39,52-53,59H,20,22-23H2,1-2H3,(H,45,57)(H,46,56)(H,47,50)(H,48,58)(H,49,55);2-5H2,1H3/b14-13+;/t24-,35?,39?;/m0./s1. The Balaban J connectivity index is 0.00000146. The van der Waals surface area contributed by atoms with Crippen LogP contribution in [0.3, 0.4) is 0 Å². The summed E-state index contributed by atoms with van der Waals surface area (Å²) in [6.45, 7) is 4.02. The summed E-state index contributed by atoms with van der Waals surface area (Å²) in [5.74, 6) is -3.57. The lowest BCUT2D eigenvalue weighted by atomic mass is 9.93. The molecule has 6 rings (SSSR count). The molecule has 0 radical (unpaired) electrons. The highest BCUT2D eigenvalue weighted by atomic mass is 35.5. The van der Waals surface area contributed by atoms with E-state index >= 15 is 0 Å². The third kappa shape index (κ3) is 13.1. The molecule has 1 aromatic heterocycles. The molecule has 4 bridgehead atoms. The molecule has 2 heterocycles. The number of amides is 5. The van der Waals surface area contributed by atoms with Gasteiger partial charge in [-0.1, -0.05) is 67.4 Å². The molecule has 5 amide bonds. The van der Waals surface area contributed by atoms with E-state index in [-0.39, 0.29) is 41.2 Å². The molecule has 64 heavy (non-hydrogen) atoms. The van der Waals surface area contributed by atoms with Gasteiger partial charge in [0.15, 0.2) is 0 Å². The monoisotopic (exact) mass is 906 g/mol. The van der Waals surface area contributed by atoms with Gasteiger partial charge in [0.25, 0.3) is 5.91 Å². The van der Waals surface area contributed by atoms with Gasteiger partial charge in [-0.15, -0.1) is 8.86 Å². The molecule has 5 aromatic rings. The third-order valence-corrected chi connectivity index (χ3v) is 10.9. The first-order chi connectivity index (χ1) is 30.7. The molecule has 0 saturated carbocycles. The number of aromatic nitrogens is 2. The van der Waals surface area contributed by atoms with Gasteiger partial charge in [-0.2, -0.15) is 5.10 Å². The molecule has 4 aromatic carbocycles. The number of aromatic amines is 1. The number of phenolic OH excluding ortho intramolecular Hbond substituents is 2. The fourth-order valence-corrected chi connectivity index (χ4v) is 6.91. The number of carbonyl (C=O) groups is 5. The van der Waals surface area contributed by atoms with Gasteiger partial charge in [-0.05, 0) is 108 Å². The first-order valence-corrected chi connectivity index (χ1v) is 21.4. The second kappa shape index (κ2) is 23.0. The van der Waals surface area contributed by atoms with Crippen molar-refractivity contribution in [2.45, 2.75) is 51.2 Å². The van der Waals surface area contributed by atoms with Crippen molar-refractivity contribution in [3.8, 4) is 33.8 Å². The fraction of sp³-hybridized carbons (Fsp3) is 0.255. The van der Waals surface area contributed by atoms with Gasteiger partial charge in [-0.3, -0.25) is 29.1 Å². The Morgan fingerprint density at radius 3 is 2.17 bits per heavy atom. The summed E-state index contributed by atoms with van der Waals surface area (Å²) >= 11 is 6.00. The Morgan fingerprint density at radius 1 is 0.891 bits per heavy atom. The molecule has 2 unspecified atom stereocenters. The van der Waals surface area contributed by atoms with Crippen LogP contribution in [-0.4, -0.2) is 98.9 Å². The van der Waals surface area contributed by atoms with Gasteiger partial charge < -0.3 is 42.1 Å². The number of nitrogens with two attached hydrogens (primary N) is 1. The number of halogens is 1. The number of hydrogen-bond donors (Lipinski definition) is 8. The van der Waals surface area contributed by atoms with Crippen molar-refractivity contribution in [3.05, 3.63) is 131 Å². The Morgan fingerprint density at radius 2 is 1.55 bits per heavy atom. The maximum Gasteiger partial charge on any atom is 0.251 e. The van der Waals surface area contributed by atoms with Crippen LogP contribution >= 0.6 is 20.5 Å². The molecule has 15 nitrogen and oxygen atoms in total. The van der Waals surface area contributed by atoms with Crippen LogP contribution < -0.4 is 27.0 Å². The number of unbranched alkanes of at least 4 members (excludes halogenated alkanes) is 1. The van der Waals surface area contributed by atoms with Crippen molar-refractivity contribution < 1.29 is 34.2 Å². The summed E-state index contributed by atoms with van der Waals surface area (Å²) in [7, 11) is 4.87. The average Bonchev–Trinajstić information content (AvgIpc) is 3.82. The Kier molecular flexibility index (Phi) is 17.4. The van der Waals surface area contributed by atoms with Crippen molar-refractivity contribution in [2.24, 2.45) is 5.73 Å². The molecule has 9 N–H and O–H groups in total. The van der Waals surface area contributed by atoms with Crippen LogP contribution in [0, 0.1) is 0 Å². The van der Waals surface area contributed by atoms with Gasteiger partial charge in [0.2, 0.25) is 23.6 Å². The van der Waals surface area contributed by atoms with Crippen LogP contribution in [0.15, 0.2) is 103 Å². The van der Waals surface area contributed by atoms with Crippen molar-refractivity contribution in [3.63, 3.8) is 0 Å². The van der Waals surface area contributed by atoms with Crippen LogP contribution in [0.5, 0.6) is 11.5 Å². The van der Waals surface area contributed by atoms with E-state index in [1.807, 2.05) is 12.1 Å². The van der Waals surface area contributed by atoms with E-state index in [1.165, 1.54) is 51.1 Å². The van der Waals surface area contributed by atoms with Crippen molar-refractivity contribution in [1.82, 2.24) is 36.4 Å². The molecule has 0 fully saturated rings. The van der Waals surface area contributed by atoms with Crippen LogP contribution in [0.2, 0.25) is 5.02 Å². The topological polar surface area (TPSA) is 232 Å². The number of nitrogens with one attached hydrogen (secondary N) is 5. The molecular weight excluding hydrogens is 855 g/mol. The zero-order valence-corrected chi connectivity index (χ0v) is 37.4. The lowest BCUT2D eigenvalue weighted by Gasteiger charge is -2.30. The normalized spacial score (nSPS) is 16.0. The van der Waals surface area contributed by atoms with E-state index in [9.17, 15) is 34.2 Å². The van der Waals surface area contributed by atoms with Gasteiger partial charge >= 0.3 is 0 Å². The maximum atomic E-state index is 14.1. The maximum absolute atomic E-state index is 14.1. The molecule has 0 aliphatic carbocycles. The van der Waals surface area contributed by atoms with Crippen molar-refractivity contribution >= 4 is 61.4 Å². The summed E-state index contributed by atoms with van der Waals surface area (Å²) < 4.78 is 0. The van der Waals surface area contributed by atoms with Crippen LogP contribution in [0.4, 0.5) is 0 Å². The quantitative estimate of drug-likeness (QED) is 0.0771. The third-order valence-electron chi connectivity index (χ3n) is 10.3. The minimum Gasteiger partial charge on any atom is -0.507 e. The number of aromatic hydroxyl groups is 2. The van der Waals surface area contributed by atoms with E-state index in [2.05, 4.69) is 47.3 Å². The number of hydrogen-bond acceptors (Lipinski definition) is 9. The van der Waals surface area contributed by atoms with Gasteiger partial charge in [0, 0.05) is 47.9 Å². The second-order valence-corrected chi connectivity index (χ2v) is 16.1. The van der Waals surface area contributed by atoms with Crippen LogP contribution in [-0.2, 0) is 25.6 Å². The summed E-state index contributed by atoms with van der Waals surface area (Å²) in [4.78, 5) is 69.2. The highest BCUT2D eigenvalue weighted by Crippen LogP contribution is 2.38. The minimum atomic E-state index is -1.37. The van der Waals surface area contributed by atoms with Gasteiger partial charge in [0.05, 0.1) is 12.2 Å². The van der Waals surface area contributed by atoms with E-state index in [0.717, 1.165) is 28.3 Å². The molecule has 1 aliphatic heterocycles. The zero-order chi connectivity index (χ0) is 46.3. The highest BCUT2D eigenvalue weighted by Gasteiger charge is 2.33. The number of benzene rings is 4. The number of likely N-dealkylation sites (N-methyl/N-ethyl adjacent to an activating group) is 1. The molecule has 3 atom stereocenters. The predicted octanol–water partition coefficient (Wildman–Crippen LogP) is 5.17. The number of carbonyl (C=O) groups excluding carboxylic acids is 5. The molecule has 0 spiro atoms. The van der Waals surface area contributed by atoms with E-state index in [4.69, 9.17) is 17.3 Å².